The fourth-order valence-electron chi connectivity index (χ4n) is 4.48. The van der Waals surface area contributed by atoms with E-state index in [4.69, 9.17) is 5.73 Å². The van der Waals surface area contributed by atoms with Crippen LogP contribution in [0.2, 0.25) is 0 Å². The average Bonchev–Trinajstić information content (AvgIpc) is 3.46. The van der Waals surface area contributed by atoms with Crippen LogP contribution < -0.4 is 16.4 Å². The van der Waals surface area contributed by atoms with Gasteiger partial charge >= 0.3 is 6.18 Å². The van der Waals surface area contributed by atoms with Gasteiger partial charge in [-0.2, -0.15) is 18.3 Å². The summed E-state index contributed by atoms with van der Waals surface area (Å²) in [6, 6.07) is 28.0. The van der Waals surface area contributed by atoms with E-state index in [0.29, 0.717) is 23.5 Å². The highest BCUT2D eigenvalue weighted by molar-refractivity contribution is 6.03. The van der Waals surface area contributed by atoms with Gasteiger partial charge in [-0.15, -0.1) is 0 Å². The number of carbonyl (C=O) groups is 1. The standard InChI is InChI=1S/C31H27F3N6O/c32-31(33,34)28-18-27(40(39-28)26-11-4-6-22(16-26)19-35)30(41)38-25-10-5-9-24(17-25)29(23-7-2-1-3-8-23)37-20-21-12-14-36-15-13-21/h1-18,29,37H,19-20,35H2,(H,38,41). The molecule has 0 saturated heterocycles. The van der Waals surface area contributed by atoms with Crippen molar-refractivity contribution in [3.63, 3.8) is 0 Å². The van der Waals surface area contributed by atoms with Crippen LogP contribution in [0, 0.1) is 0 Å². The molecule has 2 aromatic heterocycles. The second kappa shape index (κ2) is 12.2. The highest BCUT2D eigenvalue weighted by Gasteiger charge is 2.36. The molecule has 0 bridgehead atoms. The molecule has 2 heterocycles. The number of alkyl halides is 3. The van der Waals surface area contributed by atoms with Gasteiger partial charge in [-0.3, -0.25) is 9.78 Å². The molecular formula is C31H27F3N6O. The second-order valence-electron chi connectivity index (χ2n) is 9.36. The predicted molar refractivity (Wildman–Crippen MR) is 150 cm³/mol. The molecule has 208 valence electrons. The van der Waals surface area contributed by atoms with Gasteiger partial charge in [0.1, 0.15) is 5.69 Å². The summed E-state index contributed by atoms with van der Waals surface area (Å²) in [5, 5.41) is 10.0. The van der Waals surface area contributed by atoms with Crippen LogP contribution in [0.3, 0.4) is 0 Å². The first kappa shape index (κ1) is 27.8. The number of benzene rings is 3. The Morgan fingerprint density at radius 2 is 1.59 bits per heavy atom. The number of nitrogens with one attached hydrogen (secondary N) is 2. The highest BCUT2D eigenvalue weighted by Crippen LogP contribution is 2.30. The molecule has 0 aliphatic carbocycles. The minimum Gasteiger partial charge on any atom is -0.326 e. The molecule has 7 nitrogen and oxygen atoms in total. The fourth-order valence-corrected chi connectivity index (χ4v) is 4.48. The first-order valence-electron chi connectivity index (χ1n) is 12.9. The number of carbonyl (C=O) groups excluding carboxylic acids is 1. The quantitative estimate of drug-likeness (QED) is 0.211. The van der Waals surface area contributed by atoms with Crippen LogP contribution >= 0.6 is 0 Å². The molecule has 3 aromatic carbocycles. The zero-order valence-electron chi connectivity index (χ0n) is 21.8. The van der Waals surface area contributed by atoms with Crippen molar-refractivity contribution in [3.05, 3.63) is 143 Å². The molecule has 0 fully saturated rings. The Morgan fingerprint density at radius 3 is 2.32 bits per heavy atom. The fraction of sp³-hybridized carbons (Fsp3) is 0.129. The van der Waals surface area contributed by atoms with Gasteiger partial charge < -0.3 is 16.4 Å². The van der Waals surface area contributed by atoms with E-state index in [1.165, 1.54) is 0 Å². The van der Waals surface area contributed by atoms with Gasteiger partial charge in [0.05, 0.1) is 11.7 Å². The lowest BCUT2D eigenvalue weighted by molar-refractivity contribution is -0.141. The summed E-state index contributed by atoms with van der Waals surface area (Å²) in [5.41, 5.74) is 8.63. The van der Waals surface area contributed by atoms with Crippen LogP contribution in [-0.4, -0.2) is 20.7 Å². The SMILES string of the molecule is NCc1cccc(-n2nc(C(F)(F)F)cc2C(=O)Nc2cccc(C(NCc3ccncc3)c3ccccc3)c2)c1. The van der Waals surface area contributed by atoms with Crippen molar-refractivity contribution in [1.82, 2.24) is 20.1 Å². The molecule has 1 unspecified atom stereocenters. The molecule has 0 aliphatic rings. The largest absolute Gasteiger partial charge is 0.435 e. The van der Waals surface area contributed by atoms with Crippen LogP contribution in [0.25, 0.3) is 5.69 Å². The molecule has 10 heteroatoms. The van der Waals surface area contributed by atoms with Crippen LogP contribution in [0.4, 0.5) is 18.9 Å². The van der Waals surface area contributed by atoms with Gasteiger partial charge in [0.15, 0.2) is 5.69 Å². The van der Waals surface area contributed by atoms with Crippen molar-refractivity contribution in [3.8, 4) is 5.69 Å². The number of anilines is 1. The number of hydrogen-bond acceptors (Lipinski definition) is 5. The Morgan fingerprint density at radius 1 is 0.854 bits per heavy atom. The maximum atomic E-state index is 13.6. The van der Waals surface area contributed by atoms with E-state index in [0.717, 1.165) is 27.4 Å². The van der Waals surface area contributed by atoms with E-state index in [2.05, 4.69) is 20.7 Å². The van der Waals surface area contributed by atoms with Crippen LogP contribution in [0.5, 0.6) is 0 Å². The third kappa shape index (κ3) is 6.68. The lowest BCUT2D eigenvalue weighted by atomic mass is 9.98. The van der Waals surface area contributed by atoms with Gasteiger partial charge in [-0.25, -0.2) is 4.68 Å². The summed E-state index contributed by atoms with van der Waals surface area (Å²) >= 11 is 0. The first-order valence-corrected chi connectivity index (χ1v) is 12.9. The van der Waals surface area contributed by atoms with Crippen molar-refractivity contribution < 1.29 is 18.0 Å². The van der Waals surface area contributed by atoms with Gasteiger partial charge in [0, 0.05) is 37.2 Å². The number of nitrogens with zero attached hydrogens (tertiary/aromatic N) is 3. The number of pyridine rings is 1. The second-order valence-corrected chi connectivity index (χ2v) is 9.36. The average molecular weight is 557 g/mol. The van der Waals surface area contributed by atoms with E-state index in [1.807, 2.05) is 48.5 Å². The minimum absolute atomic E-state index is 0.188. The molecule has 1 atom stereocenters. The van der Waals surface area contributed by atoms with Gasteiger partial charge in [0.25, 0.3) is 5.91 Å². The Hall–Kier alpha value is -4.80. The Balaban J connectivity index is 1.45. The predicted octanol–water partition coefficient (Wildman–Crippen LogP) is 5.88. The molecule has 5 rings (SSSR count). The maximum absolute atomic E-state index is 13.6. The summed E-state index contributed by atoms with van der Waals surface area (Å²) in [4.78, 5) is 17.4. The minimum atomic E-state index is -4.73. The number of nitrogens with two attached hydrogens (primary N) is 1. The molecule has 41 heavy (non-hydrogen) atoms. The van der Waals surface area contributed by atoms with Crippen LogP contribution in [-0.2, 0) is 19.3 Å². The smallest absolute Gasteiger partial charge is 0.326 e. The molecule has 4 N–H and O–H groups in total. The van der Waals surface area contributed by atoms with Gasteiger partial charge in [0.2, 0.25) is 0 Å². The van der Waals surface area contributed by atoms with Crippen molar-refractivity contribution in [1.29, 1.82) is 0 Å². The first-order chi connectivity index (χ1) is 19.8. The molecule has 0 aliphatic heterocycles. The van der Waals surface area contributed by atoms with Crippen molar-refractivity contribution in [2.75, 3.05) is 5.32 Å². The molecule has 1 amide bonds. The summed E-state index contributed by atoms with van der Waals surface area (Å²) in [5.74, 6) is -0.732. The van der Waals surface area contributed by atoms with E-state index in [9.17, 15) is 18.0 Å². The number of amides is 1. The van der Waals surface area contributed by atoms with E-state index >= 15 is 0 Å². The summed E-state index contributed by atoms with van der Waals surface area (Å²) in [6.07, 6.45) is -1.27. The third-order valence-corrected chi connectivity index (χ3v) is 6.49. The van der Waals surface area contributed by atoms with Crippen LogP contribution in [0.1, 0.15) is 44.5 Å². The molecule has 5 aromatic rings. The summed E-state index contributed by atoms with van der Waals surface area (Å²) < 4.78 is 41.8. The number of hydrogen-bond donors (Lipinski definition) is 3. The zero-order chi connectivity index (χ0) is 28.8. The Kier molecular flexibility index (Phi) is 8.23. The maximum Gasteiger partial charge on any atom is 0.435 e. The zero-order valence-corrected chi connectivity index (χ0v) is 21.8. The molecular weight excluding hydrogens is 529 g/mol. The number of aromatic nitrogens is 3. The molecule has 0 radical (unpaired) electrons. The lowest BCUT2D eigenvalue weighted by Crippen LogP contribution is -2.22. The third-order valence-electron chi connectivity index (χ3n) is 6.49. The number of rotatable bonds is 9. The summed E-state index contributed by atoms with van der Waals surface area (Å²) in [6.45, 7) is 0.757. The van der Waals surface area contributed by atoms with Crippen LogP contribution in [0.15, 0.2) is 109 Å². The van der Waals surface area contributed by atoms with E-state index in [1.54, 1.807) is 54.9 Å². The molecule has 0 saturated carbocycles. The topological polar surface area (TPSA) is 97.9 Å². The van der Waals surface area contributed by atoms with Crippen molar-refractivity contribution in [2.45, 2.75) is 25.3 Å². The van der Waals surface area contributed by atoms with Crippen molar-refractivity contribution in [2.24, 2.45) is 5.73 Å². The molecule has 0 spiro atoms. The van der Waals surface area contributed by atoms with Gasteiger partial charge in [-0.1, -0.05) is 54.6 Å². The normalized spacial score (nSPS) is 12.2. The van der Waals surface area contributed by atoms with Gasteiger partial charge in [-0.05, 0) is 58.7 Å². The van der Waals surface area contributed by atoms with E-state index < -0.39 is 17.8 Å². The van der Waals surface area contributed by atoms with E-state index in [-0.39, 0.29) is 18.3 Å². The monoisotopic (exact) mass is 556 g/mol. The summed E-state index contributed by atoms with van der Waals surface area (Å²) in [7, 11) is 0. The Bertz CT molecular complexity index is 1620. The highest BCUT2D eigenvalue weighted by atomic mass is 19.4. The lowest BCUT2D eigenvalue weighted by Gasteiger charge is -2.21. The number of halogens is 3. The Labute approximate surface area is 234 Å². The van der Waals surface area contributed by atoms with Crippen molar-refractivity contribution >= 4 is 11.6 Å².